The largest absolute Gasteiger partial charge is 0.497 e. The lowest BCUT2D eigenvalue weighted by Gasteiger charge is -2.11. The second-order valence-electron chi connectivity index (χ2n) is 5.43. The van der Waals surface area contributed by atoms with Gasteiger partial charge in [-0.1, -0.05) is 0 Å². The van der Waals surface area contributed by atoms with Gasteiger partial charge in [0.15, 0.2) is 0 Å². The molecule has 0 aliphatic heterocycles. The summed E-state index contributed by atoms with van der Waals surface area (Å²) in [6.45, 7) is 1.93. The molecule has 3 aromatic rings. The Morgan fingerprint density at radius 1 is 0.720 bits per heavy atom. The van der Waals surface area contributed by atoms with Crippen LogP contribution in [-0.4, -0.2) is 24.2 Å². The molecule has 0 fully saturated rings. The smallest absolute Gasteiger partial charge is 0.229 e. The van der Waals surface area contributed by atoms with Gasteiger partial charge in [-0.2, -0.15) is 4.98 Å². The second-order valence-corrected chi connectivity index (χ2v) is 5.43. The van der Waals surface area contributed by atoms with E-state index in [-0.39, 0.29) is 0 Å². The molecule has 2 N–H and O–H groups in total. The molecule has 2 aromatic carbocycles. The van der Waals surface area contributed by atoms with Crippen molar-refractivity contribution in [1.82, 2.24) is 9.97 Å². The number of methoxy groups -OCH3 is 2. The maximum absolute atomic E-state index is 5.17. The average Bonchev–Trinajstić information content (AvgIpc) is 2.62. The number of ether oxygens (including phenoxy) is 2. The van der Waals surface area contributed by atoms with Crippen LogP contribution in [0.4, 0.5) is 23.1 Å². The van der Waals surface area contributed by atoms with E-state index in [1.807, 2.05) is 61.5 Å². The highest BCUT2D eigenvalue weighted by atomic mass is 16.5. The van der Waals surface area contributed by atoms with Gasteiger partial charge in [0.05, 0.1) is 14.2 Å². The lowest BCUT2D eigenvalue weighted by atomic mass is 10.3. The summed E-state index contributed by atoms with van der Waals surface area (Å²) in [5.74, 6) is 2.86. The number of rotatable bonds is 6. The lowest BCUT2D eigenvalue weighted by molar-refractivity contribution is 0.415. The molecule has 128 valence electrons. The molecule has 0 aliphatic carbocycles. The molecule has 0 spiro atoms. The summed E-state index contributed by atoms with van der Waals surface area (Å²) in [4.78, 5) is 8.94. The van der Waals surface area contributed by atoms with Gasteiger partial charge in [-0.15, -0.1) is 0 Å². The highest BCUT2D eigenvalue weighted by Crippen LogP contribution is 2.22. The molecule has 6 nitrogen and oxygen atoms in total. The van der Waals surface area contributed by atoms with Crippen molar-refractivity contribution in [2.75, 3.05) is 24.9 Å². The van der Waals surface area contributed by atoms with E-state index in [9.17, 15) is 0 Å². The quantitative estimate of drug-likeness (QED) is 0.700. The van der Waals surface area contributed by atoms with Gasteiger partial charge >= 0.3 is 0 Å². The number of nitrogens with zero attached hydrogens (tertiary/aromatic N) is 2. The number of anilines is 4. The molecule has 0 saturated heterocycles. The SMILES string of the molecule is COc1ccc(Nc2cc(C)nc(Nc3ccc(OC)cc3)n2)cc1. The van der Waals surface area contributed by atoms with Crippen molar-refractivity contribution >= 4 is 23.1 Å². The van der Waals surface area contributed by atoms with Crippen molar-refractivity contribution in [1.29, 1.82) is 0 Å². The zero-order valence-electron chi connectivity index (χ0n) is 14.4. The summed E-state index contributed by atoms with van der Waals surface area (Å²) in [6.07, 6.45) is 0. The van der Waals surface area contributed by atoms with Gasteiger partial charge < -0.3 is 20.1 Å². The molecule has 0 aliphatic rings. The number of aromatic nitrogens is 2. The number of hydrogen-bond acceptors (Lipinski definition) is 6. The van der Waals surface area contributed by atoms with Crippen molar-refractivity contribution in [3.05, 3.63) is 60.3 Å². The summed E-state index contributed by atoms with van der Waals surface area (Å²) in [5.41, 5.74) is 2.68. The van der Waals surface area contributed by atoms with E-state index >= 15 is 0 Å². The summed E-state index contributed by atoms with van der Waals surface area (Å²) in [7, 11) is 3.29. The molecule has 0 unspecified atom stereocenters. The fourth-order valence-electron chi connectivity index (χ4n) is 2.31. The zero-order valence-corrected chi connectivity index (χ0v) is 14.4. The Bertz CT molecular complexity index is 765. The Kier molecular flexibility index (Phi) is 4.99. The third kappa shape index (κ3) is 4.38. The van der Waals surface area contributed by atoms with Crippen LogP contribution in [0.5, 0.6) is 11.5 Å². The van der Waals surface area contributed by atoms with Gasteiger partial charge in [-0.05, 0) is 55.5 Å². The first-order chi connectivity index (χ1) is 12.2. The molecule has 0 atom stereocenters. The first kappa shape index (κ1) is 16.6. The highest BCUT2D eigenvalue weighted by molar-refractivity contribution is 5.61. The van der Waals surface area contributed by atoms with Crippen LogP contribution in [0.1, 0.15) is 5.69 Å². The van der Waals surface area contributed by atoms with Crippen LogP contribution < -0.4 is 20.1 Å². The third-order valence-corrected chi connectivity index (χ3v) is 3.56. The number of benzene rings is 2. The van der Waals surface area contributed by atoms with Crippen LogP contribution in [0.3, 0.4) is 0 Å². The Balaban J connectivity index is 1.76. The Morgan fingerprint density at radius 3 is 1.76 bits per heavy atom. The maximum Gasteiger partial charge on any atom is 0.229 e. The van der Waals surface area contributed by atoms with Crippen LogP contribution in [-0.2, 0) is 0 Å². The molecule has 25 heavy (non-hydrogen) atoms. The van der Waals surface area contributed by atoms with E-state index < -0.39 is 0 Å². The molecule has 0 bridgehead atoms. The van der Waals surface area contributed by atoms with Crippen molar-refractivity contribution in [3.8, 4) is 11.5 Å². The number of hydrogen-bond donors (Lipinski definition) is 2. The predicted octanol–water partition coefficient (Wildman–Crippen LogP) is 4.29. The molecular formula is C19H20N4O2. The van der Waals surface area contributed by atoms with Gasteiger partial charge in [0.1, 0.15) is 17.3 Å². The zero-order chi connectivity index (χ0) is 17.6. The molecule has 1 heterocycles. The minimum atomic E-state index is 0.529. The standard InChI is InChI=1S/C19H20N4O2/c1-13-12-18(21-14-4-8-16(24-2)9-5-14)23-19(20-13)22-15-6-10-17(25-3)11-7-15/h4-12H,1-3H3,(H2,20,21,22,23). The van der Waals surface area contributed by atoms with Crippen molar-refractivity contribution in [2.45, 2.75) is 6.92 Å². The Morgan fingerprint density at radius 2 is 1.24 bits per heavy atom. The fourth-order valence-corrected chi connectivity index (χ4v) is 2.31. The fraction of sp³-hybridized carbons (Fsp3) is 0.158. The molecule has 0 amide bonds. The van der Waals surface area contributed by atoms with Gasteiger partial charge in [0.25, 0.3) is 0 Å². The predicted molar refractivity (Wildman–Crippen MR) is 99.3 cm³/mol. The minimum absolute atomic E-state index is 0.529. The monoisotopic (exact) mass is 336 g/mol. The molecule has 1 aromatic heterocycles. The second kappa shape index (κ2) is 7.53. The van der Waals surface area contributed by atoms with Crippen LogP contribution in [0, 0.1) is 6.92 Å². The van der Waals surface area contributed by atoms with E-state index in [2.05, 4.69) is 20.6 Å². The average molecular weight is 336 g/mol. The Labute approximate surface area is 146 Å². The molecular weight excluding hydrogens is 316 g/mol. The first-order valence-corrected chi connectivity index (χ1v) is 7.84. The van der Waals surface area contributed by atoms with Crippen LogP contribution in [0.2, 0.25) is 0 Å². The summed E-state index contributed by atoms with van der Waals surface area (Å²) >= 11 is 0. The van der Waals surface area contributed by atoms with E-state index in [0.717, 1.165) is 28.6 Å². The van der Waals surface area contributed by atoms with Crippen LogP contribution >= 0.6 is 0 Å². The summed E-state index contributed by atoms with van der Waals surface area (Å²) in [6, 6.07) is 17.2. The van der Waals surface area contributed by atoms with Gasteiger partial charge in [-0.3, -0.25) is 0 Å². The first-order valence-electron chi connectivity index (χ1n) is 7.84. The van der Waals surface area contributed by atoms with E-state index in [1.54, 1.807) is 14.2 Å². The van der Waals surface area contributed by atoms with Gasteiger partial charge in [0, 0.05) is 23.1 Å². The van der Waals surface area contributed by atoms with Gasteiger partial charge in [0.2, 0.25) is 5.95 Å². The minimum Gasteiger partial charge on any atom is -0.497 e. The van der Waals surface area contributed by atoms with E-state index in [1.165, 1.54) is 0 Å². The Hall–Kier alpha value is -3.28. The lowest BCUT2D eigenvalue weighted by Crippen LogP contribution is -2.02. The summed E-state index contributed by atoms with van der Waals surface area (Å²) < 4.78 is 10.3. The van der Waals surface area contributed by atoms with Gasteiger partial charge in [-0.25, -0.2) is 4.98 Å². The number of nitrogens with one attached hydrogen (secondary N) is 2. The third-order valence-electron chi connectivity index (χ3n) is 3.56. The molecule has 0 saturated carbocycles. The molecule has 3 rings (SSSR count). The molecule has 6 heteroatoms. The normalized spacial score (nSPS) is 10.2. The van der Waals surface area contributed by atoms with Crippen LogP contribution in [0.15, 0.2) is 54.6 Å². The van der Waals surface area contributed by atoms with Crippen molar-refractivity contribution in [2.24, 2.45) is 0 Å². The maximum atomic E-state index is 5.17. The van der Waals surface area contributed by atoms with Crippen molar-refractivity contribution < 1.29 is 9.47 Å². The van der Waals surface area contributed by atoms with E-state index in [4.69, 9.17) is 9.47 Å². The molecule has 0 radical (unpaired) electrons. The highest BCUT2D eigenvalue weighted by Gasteiger charge is 2.04. The van der Waals surface area contributed by atoms with E-state index in [0.29, 0.717) is 11.8 Å². The summed E-state index contributed by atoms with van der Waals surface area (Å²) in [5, 5.41) is 6.48. The van der Waals surface area contributed by atoms with Crippen LogP contribution in [0.25, 0.3) is 0 Å². The number of aryl methyl sites for hydroxylation is 1. The van der Waals surface area contributed by atoms with Crippen molar-refractivity contribution in [3.63, 3.8) is 0 Å². The topological polar surface area (TPSA) is 68.3 Å².